The van der Waals surface area contributed by atoms with E-state index >= 15 is 0 Å². The van der Waals surface area contributed by atoms with E-state index in [4.69, 9.17) is 4.42 Å². The number of hydrogen-bond donors (Lipinski definition) is 0. The van der Waals surface area contributed by atoms with E-state index in [1.165, 1.54) is 0 Å². The lowest BCUT2D eigenvalue weighted by Crippen LogP contribution is -2.39. The lowest BCUT2D eigenvalue weighted by atomic mass is 9.93. The first-order chi connectivity index (χ1) is 8.08. The van der Waals surface area contributed by atoms with Gasteiger partial charge in [0.25, 0.3) is 5.91 Å². The summed E-state index contributed by atoms with van der Waals surface area (Å²) in [6.07, 6.45) is 1.51. The highest BCUT2D eigenvalue weighted by molar-refractivity contribution is 9.10. The number of likely N-dealkylation sites (tertiary alicyclic amines) is 1. The average molecular weight is 300 g/mol. The molecule has 0 aromatic carbocycles. The fraction of sp³-hybridized carbons (Fsp3) is 0.500. The molecule has 5 heteroatoms. The Morgan fingerprint density at radius 2 is 2.00 bits per heavy atom. The predicted octanol–water partition coefficient (Wildman–Crippen LogP) is 2.48. The highest BCUT2D eigenvalue weighted by atomic mass is 79.9. The van der Waals surface area contributed by atoms with Gasteiger partial charge in [0.05, 0.1) is 0 Å². The lowest BCUT2D eigenvalue weighted by molar-refractivity contribution is -0.121. The zero-order valence-corrected chi connectivity index (χ0v) is 11.2. The molecule has 0 atom stereocenters. The van der Waals surface area contributed by atoms with Gasteiger partial charge >= 0.3 is 0 Å². The van der Waals surface area contributed by atoms with E-state index in [1.807, 2.05) is 0 Å². The fourth-order valence-corrected chi connectivity index (χ4v) is 2.38. The summed E-state index contributed by atoms with van der Waals surface area (Å²) in [5.74, 6) is 0.580. The molecule has 0 N–H and O–H groups in total. The van der Waals surface area contributed by atoms with Gasteiger partial charge in [-0.1, -0.05) is 0 Å². The van der Waals surface area contributed by atoms with Crippen LogP contribution in [0.4, 0.5) is 0 Å². The van der Waals surface area contributed by atoms with Crippen LogP contribution >= 0.6 is 15.9 Å². The molecule has 2 rings (SSSR count). The monoisotopic (exact) mass is 299 g/mol. The standard InChI is InChI=1S/C12H14BrNO3/c1-8(15)9-4-6-14(7-5-9)12(16)10-2-3-11(13)17-10/h2-3,9H,4-7H2,1H3. The van der Waals surface area contributed by atoms with Crippen LogP contribution in [0.2, 0.25) is 0 Å². The Kier molecular flexibility index (Phi) is 3.66. The van der Waals surface area contributed by atoms with Crippen molar-refractivity contribution in [3.05, 3.63) is 22.6 Å². The normalized spacial score (nSPS) is 17.2. The minimum Gasteiger partial charge on any atom is -0.444 e. The lowest BCUT2D eigenvalue weighted by Gasteiger charge is -2.30. The van der Waals surface area contributed by atoms with Crippen LogP contribution in [0.3, 0.4) is 0 Å². The van der Waals surface area contributed by atoms with Crippen LogP contribution in [0.5, 0.6) is 0 Å². The van der Waals surface area contributed by atoms with Crippen molar-refractivity contribution in [2.45, 2.75) is 19.8 Å². The number of furan rings is 1. The number of amides is 1. The minimum absolute atomic E-state index is 0.0993. The Morgan fingerprint density at radius 1 is 1.35 bits per heavy atom. The second kappa shape index (κ2) is 5.04. The van der Waals surface area contributed by atoms with Crippen molar-refractivity contribution >= 4 is 27.6 Å². The third kappa shape index (κ3) is 2.77. The molecule has 0 saturated carbocycles. The van der Waals surface area contributed by atoms with Crippen molar-refractivity contribution in [1.29, 1.82) is 0 Å². The molecule has 0 radical (unpaired) electrons. The second-order valence-electron chi connectivity index (χ2n) is 4.28. The van der Waals surface area contributed by atoms with E-state index in [0.717, 1.165) is 12.8 Å². The number of carbonyl (C=O) groups excluding carboxylic acids is 2. The van der Waals surface area contributed by atoms with E-state index < -0.39 is 0 Å². The Morgan fingerprint density at radius 3 is 2.47 bits per heavy atom. The average Bonchev–Trinajstić information content (AvgIpc) is 2.75. The molecule has 1 aromatic rings. The van der Waals surface area contributed by atoms with Crippen LogP contribution in [0.25, 0.3) is 0 Å². The van der Waals surface area contributed by atoms with E-state index in [2.05, 4.69) is 15.9 Å². The molecular formula is C12H14BrNO3. The topological polar surface area (TPSA) is 50.5 Å². The quantitative estimate of drug-likeness (QED) is 0.843. The molecule has 1 aromatic heterocycles. The van der Waals surface area contributed by atoms with Gasteiger partial charge in [0.1, 0.15) is 5.78 Å². The summed E-state index contributed by atoms with van der Waals surface area (Å²) in [5.41, 5.74) is 0. The summed E-state index contributed by atoms with van der Waals surface area (Å²) in [5, 5.41) is 0. The van der Waals surface area contributed by atoms with Gasteiger partial charge in [-0.3, -0.25) is 9.59 Å². The van der Waals surface area contributed by atoms with E-state index in [0.29, 0.717) is 23.5 Å². The van der Waals surface area contributed by atoms with Crippen molar-refractivity contribution < 1.29 is 14.0 Å². The Labute approximate surface area is 108 Å². The number of rotatable bonds is 2. The highest BCUT2D eigenvalue weighted by Gasteiger charge is 2.27. The third-order valence-electron chi connectivity index (χ3n) is 3.14. The maximum atomic E-state index is 12.0. The number of carbonyl (C=O) groups is 2. The first kappa shape index (κ1) is 12.4. The van der Waals surface area contributed by atoms with Gasteiger partial charge in [-0.15, -0.1) is 0 Å². The van der Waals surface area contributed by atoms with Crippen LogP contribution in [-0.4, -0.2) is 29.7 Å². The minimum atomic E-state index is -0.0993. The van der Waals surface area contributed by atoms with Crippen molar-refractivity contribution in [3.8, 4) is 0 Å². The molecule has 92 valence electrons. The molecule has 1 amide bonds. The summed E-state index contributed by atoms with van der Waals surface area (Å²) < 4.78 is 5.79. The number of nitrogens with zero attached hydrogens (tertiary/aromatic N) is 1. The van der Waals surface area contributed by atoms with Gasteiger partial charge < -0.3 is 9.32 Å². The maximum Gasteiger partial charge on any atom is 0.289 e. The van der Waals surface area contributed by atoms with Gasteiger partial charge in [0, 0.05) is 19.0 Å². The molecule has 0 bridgehead atoms. The van der Waals surface area contributed by atoms with Crippen molar-refractivity contribution in [1.82, 2.24) is 4.90 Å². The third-order valence-corrected chi connectivity index (χ3v) is 3.57. The second-order valence-corrected chi connectivity index (χ2v) is 5.06. The first-order valence-corrected chi connectivity index (χ1v) is 6.42. The zero-order chi connectivity index (χ0) is 12.4. The molecule has 1 aliphatic heterocycles. The molecule has 2 heterocycles. The van der Waals surface area contributed by atoms with Gasteiger partial charge in [0.15, 0.2) is 10.4 Å². The molecule has 1 saturated heterocycles. The van der Waals surface area contributed by atoms with Gasteiger partial charge in [-0.25, -0.2) is 0 Å². The van der Waals surface area contributed by atoms with Crippen LogP contribution in [0, 0.1) is 5.92 Å². The van der Waals surface area contributed by atoms with Crippen molar-refractivity contribution in [3.63, 3.8) is 0 Å². The summed E-state index contributed by atoms with van der Waals surface area (Å²) in [4.78, 5) is 25.0. The molecule has 1 aliphatic rings. The summed E-state index contributed by atoms with van der Waals surface area (Å²) in [6.45, 7) is 2.87. The predicted molar refractivity (Wildman–Crippen MR) is 65.7 cm³/mol. The Bertz CT molecular complexity index is 433. The van der Waals surface area contributed by atoms with Crippen molar-refractivity contribution in [2.75, 3.05) is 13.1 Å². The summed E-state index contributed by atoms with van der Waals surface area (Å²) in [6, 6.07) is 3.36. The Balaban J connectivity index is 1.97. The zero-order valence-electron chi connectivity index (χ0n) is 9.61. The number of piperidine rings is 1. The van der Waals surface area contributed by atoms with Gasteiger partial charge in [-0.2, -0.15) is 0 Å². The maximum absolute atomic E-state index is 12.0. The van der Waals surface area contributed by atoms with Gasteiger partial charge in [-0.05, 0) is 47.8 Å². The number of ketones is 1. The van der Waals surface area contributed by atoms with Crippen LogP contribution in [0.1, 0.15) is 30.3 Å². The molecule has 17 heavy (non-hydrogen) atoms. The van der Waals surface area contributed by atoms with Crippen molar-refractivity contribution in [2.24, 2.45) is 5.92 Å². The molecule has 4 nitrogen and oxygen atoms in total. The molecular weight excluding hydrogens is 286 g/mol. The fourth-order valence-electron chi connectivity index (χ4n) is 2.07. The van der Waals surface area contributed by atoms with E-state index in [1.54, 1.807) is 24.0 Å². The van der Waals surface area contributed by atoms with E-state index in [-0.39, 0.29) is 17.6 Å². The molecule has 0 aliphatic carbocycles. The summed E-state index contributed by atoms with van der Waals surface area (Å²) in [7, 11) is 0. The Hall–Kier alpha value is -1.10. The van der Waals surface area contributed by atoms with Crippen LogP contribution in [0.15, 0.2) is 21.2 Å². The van der Waals surface area contributed by atoms with Crippen LogP contribution < -0.4 is 0 Å². The summed E-state index contributed by atoms with van der Waals surface area (Å²) >= 11 is 3.17. The number of Topliss-reactive ketones (excluding diaryl/α,β-unsaturated/α-hetero) is 1. The first-order valence-electron chi connectivity index (χ1n) is 5.63. The highest BCUT2D eigenvalue weighted by Crippen LogP contribution is 2.21. The smallest absolute Gasteiger partial charge is 0.289 e. The SMILES string of the molecule is CC(=O)C1CCN(C(=O)c2ccc(Br)o2)CC1. The molecule has 0 spiro atoms. The molecule has 1 fully saturated rings. The molecule has 0 unspecified atom stereocenters. The largest absolute Gasteiger partial charge is 0.444 e. The van der Waals surface area contributed by atoms with E-state index in [9.17, 15) is 9.59 Å². The van der Waals surface area contributed by atoms with Gasteiger partial charge in [0.2, 0.25) is 0 Å². The van der Waals surface area contributed by atoms with Crippen LogP contribution in [-0.2, 0) is 4.79 Å². The number of hydrogen-bond acceptors (Lipinski definition) is 3. The number of halogens is 1.